The van der Waals surface area contributed by atoms with Gasteiger partial charge in [0.2, 0.25) is 0 Å². The van der Waals surface area contributed by atoms with Gasteiger partial charge in [0, 0.05) is 43.3 Å². The van der Waals surface area contributed by atoms with Crippen molar-refractivity contribution in [2.45, 2.75) is 38.4 Å². The molecule has 3 heteroatoms. The smallest absolute Gasteiger partial charge is 0.0484 e. The number of aromatic nitrogens is 1. The molecule has 0 saturated heterocycles. The van der Waals surface area contributed by atoms with Crippen LogP contribution in [0.4, 0.5) is 0 Å². The van der Waals surface area contributed by atoms with Gasteiger partial charge < -0.3 is 15.6 Å². The highest BCUT2D eigenvalue weighted by atomic mass is 15.0. The van der Waals surface area contributed by atoms with Crippen LogP contribution >= 0.6 is 0 Å². The standard InChI is InChI=1S/C15H21N3/c1-18-10-12(9-17-13-3-2-4-13)14-6-5-11(8-16)7-15(14)18/h5-7,10,13,17H,2-4,8-9,16H2,1H3. The maximum Gasteiger partial charge on any atom is 0.0484 e. The van der Waals surface area contributed by atoms with Gasteiger partial charge in [-0.05, 0) is 30.0 Å². The average molecular weight is 243 g/mol. The fourth-order valence-corrected chi connectivity index (χ4v) is 2.65. The van der Waals surface area contributed by atoms with Gasteiger partial charge in [-0.25, -0.2) is 0 Å². The summed E-state index contributed by atoms with van der Waals surface area (Å²) in [7, 11) is 2.11. The number of benzene rings is 1. The lowest BCUT2D eigenvalue weighted by Gasteiger charge is -2.26. The zero-order chi connectivity index (χ0) is 12.5. The van der Waals surface area contributed by atoms with E-state index in [4.69, 9.17) is 5.73 Å². The van der Waals surface area contributed by atoms with E-state index in [0.717, 1.165) is 12.6 Å². The van der Waals surface area contributed by atoms with Gasteiger partial charge in [-0.3, -0.25) is 0 Å². The summed E-state index contributed by atoms with van der Waals surface area (Å²) in [5, 5.41) is 4.98. The Kier molecular flexibility index (Phi) is 3.10. The number of nitrogens with one attached hydrogen (secondary N) is 1. The van der Waals surface area contributed by atoms with Crippen molar-refractivity contribution in [3.8, 4) is 0 Å². The van der Waals surface area contributed by atoms with Crippen molar-refractivity contribution < 1.29 is 0 Å². The Morgan fingerprint density at radius 2 is 2.22 bits per heavy atom. The van der Waals surface area contributed by atoms with E-state index in [1.165, 1.54) is 41.3 Å². The Hall–Kier alpha value is -1.32. The third kappa shape index (κ3) is 2.04. The van der Waals surface area contributed by atoms with Crippen molar-refractivity contribution in [3.63, 3.8) is 0 Å². The molecule has 0 spiro atoms. The molecule has 0 atom stereocenters. The van der Waals surface area contributed by atoms with Gasteiger partial charge in [0.25, 0.3) is 0 Å². The van der Waals surface area contributed by atoms with Crippen molar-refractivity contribution >= 4 is 10.9 Å². The van der Waals surface area contributed by atoms with E-state index in [0.29, 0.717) is 6.54 Å². The molecule has 3 nitrogen and oxygen atoms in total. The van der Waals surface area contributed by atoms with Crippen LogP contribution in [0.25, 0.3) is 10.9 Å². The van der Waals surface area contributed by atoms with Gasteiger partial charge in [0.1, 0.15) is 0 Å². The molecule has 1 heterocycles. The van der Waals surface area contributed by atoms with Crippen molar-refractivity contribution in [2.75, 3.05) is 0 Å². The topological polar surface area (TPSA) is 43.0 Å². The fourth-order valence-electron chi connectivity index (χ4n) is 2.65. The highest BCUT2D eigenvalue weighted by molar-refractivity contribution is 5.84. The lowest BCUT2D eigenvalue weighted by Crippen LogP contribution is -2.34. The maximum absolute atomic E-state index is 5.70. The lowest BCUT2D eigenvalue weighted by atomic mass is 9.93. The largest absolute Gasteiger partial charge is 0.350 e. The van der Waals surface area contributed by atoms with Crippen LogP contribution in [-0.4, -0.2) is 10.6 Å². The molecule has 0 bridgehead atoms. The first kappa shape index (κ1) is 11.8. The number of hydrogen-bond donors (Lipinski definition) is 2. The third-order valence-corrected chi connectivity index (χ3v) is 4.06. The maximum atomic E-state index is 5.70. The molecule has 0 amide bonds. The SMILES string of the molecule is Cn1cc(CNC2CCC2)c2ccc(CN)cc21. The van der Waals surface area contributed by atoms with E-state index in [2.05, 4.69) is 41.3 Å². The minimum atomic E-state index is 0.608. The Morgan fingerprint density at radius 3 is 2.89 bits per heavy atom. The Balaban J connectivity index is 1.87. The van der Waals surface area contributed by atoms with Gasteiger partial charge in [-0.1, -0.05) is 18.6 Å². The molecule has 1 aromatic heterocycles. The molecular weight excluding hydrogens is 222 g/mol. The van der Waals surface area contributed by atoms with Gasteiger partial charge in [0.15, 0.2) is 0 Å². The second kappa shape index (κ2) is 4.75. The monoisotopic (exact) mass is 243 g/mol. The van der Waals surface area contributed by atoms with Crippen LogP contribution in [0.2, 0.25) is 0 Å². The highest BCUT2D eigenvalue weighted by Crippen LogP contribution is 2.23. The minimum Gasteiger partial charge on any atom is -0.350 e. The molecule has 0 radical (unpaired) electrons. The lowest BCUT2D eigenvalue weighted by molar-refractivity contribution is 0.338. The summed E-state index contributed by atoms with van der Waals surface area (Å²) in [5.74, 6) is 0. The van der Waals surface area contributed by atoms with Crippen LogP contribution in [0, 0.1) is 0 Å². The fraction of sp³-hybridized carbons (Fsp3) is 0.467. The molecule has 3 rings (SSSR count). The number of nitrogens with zero attached hydrogens (tertiary/aromatic N) is 1. The molecule has 0 aliphatic heterocycles. The summed E-state index contributed by atoms with van der Waals surface area (Å²) >= 11 is 0. The molecule has 1 fully saturated rings. The van der Waals surface area contributed by atoms with Gasteiger partial charge in [-0.2, -0.15) is 0 Å². The molecule has 1 saturated carbocycles. The van der Waals surface area contributed by atoms with E-state index in [1.54, 1.807) is 0 Å². The van der Waals surface area contributed by atoms with E-state index in [1.807, 2.05) is 0 Å². The molecular formula is C15H21N3. The number of hydrogen-bond acceptors (Lipinski definition) is 2. The van der Waals surface area contributed by atoms with Crippen LogP contribution in [0.3, 0.4) is 0 Å². The second-order valence-corrected chi connectivity index (χ2v) is 5.33. The van der Waals surface area contributed by atoms with Crippen LogP contribution < -0.4 is 11.1 Å². The van der Waals surface area contributed by atoms with Crippen molar-refractivity contribution in [3.05, 3.63) is 35.5 Å². The second-order valence-electron chi connectivity index (χ2n) is 5.33. The predicted molar refractivity (Wildman–Crippen MR) is 75.3 cm³/mol. The first-order valence-electron chi connectivity index (χ1n) is 6.78. The molecule has 0 unspecified atom stereocenters. The summed E-state index contributed by atoms with van der Waals surface area (Å²) in [6, 6.07) is 7.27. The Morgan fingerprint density at radius 1 is 1.39 bits per heavy atom. The normalized spacial score (nSPS) is 16.1. The number of fused-ring (bicyclic) bond motifs is 1. The van der Waals surface area contributed by atoms with E-state index < -0.39 is 0 Å². The van der Waals surface area contributed by atoms with Gasteiger partial charge in [-0.15, -0.1) is 0 Å². The summed E-state index contributed by atoms with van der Waals surface area (Å²) in [4.78, 5) is 0. The van der Waals surface area contributed by atoms with Crippen LogP contribution in [0.15, 0.2) is 24.4 Å². The highest BCUT2D eigenvalue weighted by Gasteiger charge is 2.17. The molecule has 96 valence electrons. The number of aryl methyl sites for hydroxylation is 1. The number of rotatable bonds is 4. The minimum absolute atomic E-state index is 0.608. The van der Waals surface area contributed by atoms with E-state index >= 15 is 0 Å². The number of nitrogens with two attached hydrogens (primary N) is 1. The molecule has 1 aliphatic carbocycles. The molecule has 2 aromatic rings. The van der Waals surface area contributed by atoms with Gasteiger partial charge >= 0.3 is 0 Å². The van der Waals surface area contributed by atoms with Crippen LogP contribution in [0.5, 0.6) is 0 Å². The van der Waals surface area contributed by atoms with Crippen molar-refractivity contribution in [1.29, 1.82) is 0 Å². The average Bonchev–Trinajstić information content (AvgIpc) is 2.64. The van der Waals surface area contributed by atoms with Crippen LogP contribution in [0.1, 0.15) is 30.4 Å². The summed E-state index contributed by atoms with van der Waals surface area (Å²) in [6.45, 7) is 1.58. The van der Waals surface area contributed by atoms with Gasteiger partial charge in [0.05, 0.1) is 0 Å². The summed E-state index contributed by atoms with van der Waals surface area (Å²) in [5.41, 5.74) is 9.57. The Bertz CT molecular complexity index is 552. The zero-order valence-electron chi connectivity index (χ0n) is 10.9. The van der Waals surface area contributed by atoms with E-state index in [9.17, 15) is 0 Å². The van der Waals surface area contributed by atoms with Crippen molar-refractivity contribution in [1.82, 2.24) is 9.88 Å². The third-order valence-electron chi connectivity index (χ3n) is 4.06. The molecule has 3 N–H and O–H groups in total. The van der Waals surface area contributed by atoms with E-state index in [-0.39, 0.29) is 0 Å². The summed E-state index contributed by atoms with van der Waals surface area (Å²) in [6.07, 6.45) is 6.29. The first-order valence-corrected chi connectivity index (χ1v) is 6.78. The molecule has 18 heavy (non-hydrogen) atoms. The zero-order valence-corrected chi connectivity index (χ0v) is 10.9. The van der Waals surface area contributed by atoms with Crippen LogP contribution in [-0.2, 0) is 20.1 Å². The molecule has 1 aliphatic rings. The molecule has 1 aromatic carbocycles. The van der Waals surface area contributed by atoms with Crippen molar-refractivity contribution in [2.24, 2.45) is 12.8 Å². The first-order chi connectivity index (χ1) is 8.78. The summed E-state index contributed by atoms with van der Waals surface area (Å²) < 4.78 is 2.20. The quantitative estimate of drug-likeness (QED) is 0.865. The predicted octanol–water partition coefficient (Wildman–Crippen LogP) is 2.28. The Labute approximate surface area is 108 Å².